The number of carboxylic acids is 1. The molecule has 9 heteroatoms. The first-order valence-corrected chi connectivity index (χ1v) is 10.7. The minimum atomic E-state index is -1.35. The number of amides is 2. The van der Waals surface area contributed by atoms with E-state index in [9.17, 15) is 19.2 Å². The van der Waals surface area contributed by atoms with Crippen LogP contribution in [0.2, 0.25) is 0 Å². The van der Waals surface area contributed by atoms with Crippen LogP contribution in [0.5, 0.6) is 0 Å². The fourth-order valence-corrected chi connectivity index (χ4v) is 3.81. The second kappa shape index (κ2) is 11.1. The number of carboxylic acid groups (broad SMARTS) is 1. The highest BCUT2D eigenvalue weighted by atomic mass is 16.5. The normalized spacial score (nSPS) is 12.8. The fraction of sp³-hybridized carbons (Fsp3) is 0.333. The van der Waals surface area contributed by atoms with Crippen molar-refractivity contribution in [3.05, 3.63) is 59.7 Å². The van der Waals surface area contributed by atoms with E-state index in [1.807, 2.05) is 48.5 Å². The standard InChI is InChI=1S/C24H26N2O7/c1-2-32-22(29)11-12-25-23(30)20(13-21(27)28)26-24(31)33-14-19-17-9-5-3-7-15(17)16-8-4-6-10-18(16)19/h3-10,19-20H,2,11-14H2,1H3,(H,25,30)(H,26,31)(H,27,28). The minimum Gasteiger partial charge on any atom is -0.481 e. The van der Waals surface area contributed by atoms with Gasteiger partial charge in [0.1, 0.15) is 12.6 Å². The van der Waals surface area contributed by atoms with Gasteiger partial charge in [-0.15, -0.1) is 0 Å². The monoisotopic (exact) mass is 454 g/mol. The number of hydrogen-bond acceptors (Lipinski definition) is 6. The van der Waals surface area contributed by atoms with Crippen LogP contribution in [0, 0.1) is 0 Å². The maximum atomic E-state index is 12.4. The molecule has 2 amide bonds. The van der Waals surface area contributed by atoms with Crippen molar-refractivity contribution in [1.29, 1.82) is 0 Å². The number of aliphatic carboxylic acids is 1. The molecule has 0 saturated heterocycles. The van der Waals surface area contributed by atoms with E-state index in [-0.39, 0.29) is 32.1 Å². The van der Waals surface area contributed by atoms with Crippen LogP contribution < -0.4 is 10.6 Å². The molecule has 0 heterocycles. The topological polar surface area (TPSA) is 131 Å². The van der Waals surface area contributed by atoms with Crippen molar-refractivity contribution >= 4 is 23.9 Å². The Hall–Kier alpha value is -3.88. The van der Waals surface area contributed by atoms with Crippen LogP contribution in [0.15, 0.2) is 48.5 Å². The number of nitrogens with one attached hydrogen (secondary N) is 2. The molecule has 9 nitrogen and oxygen atoms in total. The number of alkyl carbamates (subject to hydrolysis) is 1. The number of rotatable bonds is 10. The summed E-state index contributed by atoms with van der Waals surface area (Å²) < 4.78 is 10.1. The van der Waals surface area contributed by atoms with Crippen molar-refractivity contribution in [2.75, 3.05) is 19.8 Å². The second-order valence-electron chi connectivity index (χ2n) is 7.47. The zero-order chi connectivity index (χ0) is 23.8. The molecule has 0 bridgehead atoms. The zero-order valence-electron chi connectivity index (χ0n) is 18.2. The summed E-state index contributed by atoms with van der Waals surface area (Å²) in [7, 11) is 0. The molecule has 0 fully saturated rings. The Balaban J connectivity index is 1.59. The summed E-state index contributed by atoms with van der Waals surface area (Å²) in [4.78, 5) is 47.3. The first-order valence-electron chi connectivity index (χ1n) is 10.7. The zero-order valence-corrected chi connectivity index (χ0v) is 18.2. The molecule has 1 aliphatic carbocycles. The number of carbonyl (C=O) groups excluding carboxylic acids is 3. The highest BCUT2D eigenvalue weighted by Crippen LogP contribution is 2.44. The van der Waals surface area contributed by atoms with E-state index >= 15 is 0 Å². The largest absolute Gasteiger partial charge is 0.481 e. The van der Waals surface area contributed by atoms with Crippen LogP contribution in [0.3, 0.4) is 0 Å². The Labute approximate surface area is 191 Å². The Kier molecular flexibility index (Phi) is 8.01. The van der Waals surface area contributed by atoms with Crippen molar-refractivity contribution in [2.24, 2.45) is 0 Å². The Morgan fingerprint density at radius 2 is 1.58 bits per heavy atom. The Morgan fingerprint density at radius 3 is 2.15 bits per heavy atom. The summed E-state index contributed by atoms with van der Waals surface area (Å²) in [6.45, 7) is 1.87. The number of fused-ring (bicyclic) bond motifs is 3. The van der Waals surface area contributed by atoms with Crippen molar-refractivity contribution in [3.8, 4) is 11.1 Å². The SMILES string of the molecule is CCOC(=O)CCNC(=O)C(CC(=O)O)NC(=O)OCC1c2ccccc2-c2ccccc21. The molecule has 0 radical (unpaired) electrons. The summed E-state index contributed by atoms with van der Waals surface area (Å²) in [5.74, 6) is -2.65. The third-order valence-corrected chi connectivity index (χ3v) is 5.26. The molecule has 2 aromatic rings. The number of ether oxygens (including phenoxy) is 2. The third-order valence-electron chi connectivity index (χ3n) is 5.26. The smallest absolute Gasteiger partial charge is 0.407 e. The van der Waals surface area contributed by atoms with Crippen molar-refractivity contribution in [1.82, 2.24) is 10.6 Å². The maximum Gasteiger partial charge on any atom is 0.407 e. The lowest BCUT2D eigenvalue weighted by atomic mass is 9.98. The molecule has 3 rings (SSSR count). The quantitative estimate of drug-likeness (QED) is 0.470. The van der Waals surface area contributed by atoms with Gasteiger partial charge in [-0.1, -0.05) is 48.5 Å². The van der Waals surface area contributed by atoms with Gasteiger partial charge in [-0.25, -0.2) is 4.79 Å². The molecule has 0 saturated carbocycles. The highest BCUT2D eigenvalue weighted by Gasteiger charge is 2.30. The Bertz CT molecular complexity index is 991. The van der Waals surface area contributed by atoms with E-state index in [0.29, 0.717) is 0 Å². The molecule has 33 heavy (non-hydrogen) atoms. The lowest BCUT2D eigenvalue weighted by molar-refractivity contribution is -0.143. The minimum absolute atomic E-state index is 0.0319. The molecule has 3 N–H and O–H groups in total. The van der Waals surface area contributed by atoms with E-state index in [1.54, 1.807) is 6.92 Å². The van der Waals surface area contributed by atoms with Crippen molar-refractivity contribution in [3.63, 3.8) is 0 Å². The van der Waals surface area contributed by atoms with Crippen LogP contribution in [0.25, 0.3) is 11.1 Å². The van der Waals surface area contributed by atoms with Crippen LogP contribution in [-0.2, 0) is 23.9 Å². The summed E-state index contributed by atoms with van der Waals surface area (Å²) in [6, 6.07) is 14.4. The molecule has 2 aromatic carbocycles. The molecule has 1 unspecified atom stereocenters. The molecule has 0 spiro atoms. The van der Waals surface area contributed by atoms with Crippen LogP contribution in [0.1, 0.15) is 36.8 Å². The van der Waals surface area contributed by atoms with E-state index in [1.165, 1.54) is 0 Å². The molecular formula is C24H26N2O7. The summed E-state index contributed by atoms with van der Waals surface area (Å²) >= 11 is 0. The molecule has 1 atom stereocenters. The molecular weight excluding hydrogens is 428 g/mol. The second-order valence-corrected chi connectivity index (χ2v) is 7.47. The number of benzene rings is 2. The lowest BCUT2D eigenvalue weighted by Gasteiger charge is -2.18. The van der Waals surface area contributed by atoms with Crippen LogP contribution >= 0.6 is 0 Å². The van der Waals surface area contributed by atoms with Gasteiger partial charge in [0, 0.05) is 12.5 Å². The van der Waals surface area contributed by atoms with Crippen LogP contribution in [0.4, 0.5) is 4.79 Å². The van der Waals surface area contributed by atoms with Gasteiger partial charge in [0.15, 0.2) is 0 Å². The van der Waals surface area contributed by atoms with E-state index in [0.717, 1.165) is 22.3 Å². The average molecular weight is 454 g/mol. The van der Waals surface area contributed by atoms with Gasteiger partial charge < -0.3 is 25.2 Å². The highest BCUT2D eigenvalue weighted by molar-refractivity contribution is 5.89. The number of hydrogen-bond donors (Lipinski definition) is 3. The van der Waals surface area contributed by atoms with Gasteiger partial charge in [0.05, 0.1) is 19.4 Å². The predicted octanol–water partition coefficient (Wildman–Crippen LogP) is 2.44. The van der Waals surface area contributed by atoms with Crippen molar-refractivity contribution < 1.29 is 33.8 Å². The van der Waals surface area contributed by atoms with Gasteiger partial charge in [-0.2, -0.15) is 0 Å². The molecule has 1 aliphatic rings. The summed E-state index contributed by atoms with van der Waals surface area (Å²) in [5.41, 5.74) is 4.22. The number of esters is 1. The van der Waals surface area contributed by atoms with E-state index < -0.39 is 36.4 Å². The average Bonchev–Trinajstić information content (AvgIpc) is 3.11. The van der Waals surface area contributed by atoms with Gasteiger partial charge in [-0.05, 0) is 29.2 Å². The molecule has 174 valence electrons. The van der Waals surface area contributed by atoms with E-state index in [4.69, 9.17) is 14.6 Å². The lowest BCUT2D eigenvalue weighted by Crippen LogP contribution is -2.48. The van der Waals surface area contributed by atoms with E-state index in [2.05, 4.69) is 10.6 Å². The van der Waals surface area contributed by atoms with Gasteiger partial charge in [0.25, 0.3) is 0 Å². The first-order chi connectivity index (χ1) is 15.9. The molecule has 0 aromatic heterocycles. The van der Waals surface area contributed by atoms with Crippen LogP contribution in [-0.4, -0.2) is 54.8 Å². The predicted molar refractivity (Wildman–Crippen MR) is 119 cm³/mol. The summed E-state index contributed by atoms with van der Waals surface area (Å²) in [6.07, 6.45) is -1.59. The number of carbonyl (C=O) groups is 4. The van der Waals surface area contributed by atoms with Gasteiger partial charge in [0.2, 0.25) is 5.91 Å². The van der Waals surface area contributed by atoms with Gasteiger partial charge >= 0.3 is 18.0 Å². The third kappa shape index (κ3) is 6.09. The summed E-state index contributed by atoms with van der Waals surface area (Å²) in [5, 5.41) is 13.8. The molecule has 0 aliphatic heterocycles. The van der Waals surface area contributed by atoms with Gasteiger partial charge in [-0.3, -0.25) is 14.4 Å². The van der Waals surface area contributed by atoms with Crippen molar-refractivity contribution in [2.45, 2.75) is 31.7 Å². The fourth-order valence-electron chi connectivity index (χ4n) is 3.81. The first kappa shape index (κ1) is 23.8. The maximum absolute atomic E-state index is 12.4. The Morgan fingerprint density at radius 1 is 0.970 bits per heavy atom.